The van der Waals surface area contributed by atoms with Crippen LogP contribution in [0.4, 0.5) is 0 Å². The van der Waals surface area contributed by atoms with Gasteiger partial charge in [0.1, 0.15) is 11.7 Å². The summed E-state index contributed by atoms with van der Waals surface area (Å²) in [5, 5.41) is 5.25. The zero-order valence-corrected chi connectivity index (χ0v) is 18.3. The van der Waals surface area contributed by atoms with Gasteiger partial charge in [-0.15, -0.1) is 0 Å². The van der Waals surface area contributed by atoms with Gasteiger partial charge in [-0.2, -0.15) is 5.10 Å². The molecular formula is C22H22N2O4S2. The molecule has 0 bridgehead atoms. The van der Waals surface area contributed by atoms with Crippen molar-refractivity contribution < 1.29 is 19.1 Å². The number of hydrogen-bond acceptors (Lipinski definition) is 7. The first-order valence-electron chi connectivity index (χ1n) is 9.43. The van der Waals surface area contributed by atoms with Crippen molar-refractivity contribution >= 4 is 45.6 Å². The number of rotatable bonds is 7. The number of carbonyl (C=O) groups excluding carboxylic acids is 3. The van der Waals surface area contributed by atoms with Crippen LogP contribution in [-0.4, -0.2) is 38.2 Å². The summed E-state index contributed by atoms with van der Waals surface area (Å²) < 4.78 is 5.47. The van der Waals surface area contributed by atoms with E-state index in [-0.39, 0.29) is 17.6 Å². The molecule has 1 aliphatic rings. The first-order chi connectivity index (χ1) is 14.5. The average Bonchev–Trinajstić information content (AvgIpc) is 3.22. The molecule has 1 amide bonds. The molecule has 8 heteroatoms. The Morgan fingerprint density at radius 2 is 1.73 bits per heavy atom. The molecule has 2 atom stereocenters. The van der Waals surface area contributed by atoms with Crippen molar-refractivity contribution in [3.8, 4) is 0 Å². The van der Waals surface area contributed by atoms with Crippen LogP contribution >= 0.6 is 23.5 Å². The van der Waals surface area contributed by atoms with Crippen LogP contribution in [0.25, 0.3) is 0 Å². The molecule has 0 saturated heterocycles. The maximum Gasteiger partial charge on any atom is 0.342 e. The van der Waals surface area contributed by atoms with Crippen LogP contribution in [0, 0.1) is 5.92 Å². The Kier molecular flexibility index (Phi) is 7.70. The summed E-state index contributed by atoms with van der Waals surface area (Å²) in [4.78, 5) is 37.1. The van der Waals surface area contributed by atoms with Crippen LogP contribution in [0.1, 0.15) is 25.0 Å². The highest BCUT2D eigenvalue weighted by molar-refractivity contribution is 8.15. The minimum atomic E-state index is -0.902. The zero-order valence-electron chi connectivity index (χ0n) is 16.7. The molecule has 1 heterocycles. The number of thioether (sulfide) groups is 2. The van der Waals surface area contributed by atoms with Gasteiger partial charge < -0.3 is 4.74 Å². The minimum absolute atomic E-state index is 0.0576. The second-order valence-electron chi connectivity index (χ2n) is 6.72. The highest BCUT2D eigenvalue weighted by Gasteiger charge is 2.40. The Labute approximate surface area is 184 Å². The van der Waals surface area contributed by atoms with Crippen molar-refractivity contribution in [2.24, 2.45) is 11.0 Å². The molecule has 156 valence electrons. The van der Waals surface area contributed by atoms with Gasteiger partial charge in [-0.05, 0) is 5.56 Å². The summed E-state index contributed by atoms with van der Waals surface area (Å²) in [5.74, 6) is -0.984. The number of hydrogen-bond donors (Lipinski definition) is 0. The van der Waals surface area contributed by atoms with Crippen molar-refractivity contribution in [3.05, 3.63) is 71.8 Å². The topological polar surface area (TPSA) is 76.0 Å². The van der Waals surface area contributed by atoms with E-state index in [0.717, 1.165) is 22.9 Å². The Morgan fingerprint density at radius 3 is 2.37 bits per heavy atom. The monoisotopic (exact) mass is 442 g/mol. The predicted octanol–water partition coefficient (Wildman–Crippen LogP) is 3.91. The van der Waals surface area contributed by atoms with Gasteiger partial charge >= 0.3 is 5.97 Å². The molecular weight excluding hydrogens is 420 g/mol. The van der Waals surface area contributed by atoms with Crippen molar-refractivity contribution in [3.63, 3.8) is 0 Å². The molecule has 1 aliphatic heterocycles. The lowest BCUT2D eigenvalue weighted by atomic mass is 10.2. The van der Waals surface area contributed by atoms with Crippen molar-refractivity contribution in [2.45, 2.75) is 25.8 Å². The molecule has 2 aromatic carbocycles. The van der Waals surface area contributed by atoms with Gasteiger partial charge in [0.05, 0.1) is 0 Å². The highest BCUT2D eigenvalue weighted by atomic mass is 32.2. The number of hydrazone groups is 1. The SMILES string of the molecule is CC(=O)SCC(C)C(=O)N1N=C(c2ccccc2)SC1C(=O)OCc1ccccc1. The Hall–Kier alpha value is -2.58. The molecule has 0 fully saturated rings. The van der Waals surface area contributed by atoms with E-state index in [2.05, 4.69) is 5.10 Å². The van der Waals surface area contributed by atoms with Gasteiger partial charge in [-0.3, -0.25) is 9.59 Å². The maximum absolute atomic E-state index is 13.0. The van der Waals surface area contributed by atoms with Crippen LogP contribution in [-0.2, 0) is 25.7 Å². The van der Waals surface area contributed by atoms with E-state index >= 15 is 0 Å². The van der Waals surface area contributed by atoms with Crippen LogP contribution < -0.4 is 0 Å². The number of amides is 1. The van der Waals surface area contributed by atoms with E-state index in [4.69, 9.17) is 4.74 Å². The summed E-state index contributed by atoms with van der Waals surface area (Å²) in [6.07, 6.45) is 0. The third-order valence-electron chi connectivity index (χ3n) is 4.27. The number of esters is 1. The smallest absolute Gasteiger partial charge is 0.342 e. The Balaban J connectivity index is 1.76. The summed E-state index contributed by atoms with van der Waals surface area (Å²) >= 11 is 2.28. The molecule has 0 N–H and O–H groups in total. The van der Waals surface area contributed by atoms with Crippen molar-refractivity contribution in [1.29, 1.82) is 0 Å². The fraction of sp³-hybridized carbons (Fsp3) is 0.273. The third kappa shape index (κ3) is 5.73. The lowest BCUT2D eigenvalue weighted by Gasteiger charge is -2.22. The van der Waals surface area contributed by atoms with E-state index in [1.807, 2.05) is 60.7 Å². The lowest BCUT2D eigenvalue weighted by Crippen LogP contribution is -2.41. The van der Waals surface area contributed by atoms with E-state index < -0.39 is 17.3 Å². The normalized spacial score (nSPS) is 16.7. The molecule has 0 saturated carbocycles. The summed E-state index contributed by atoms with van der Waals surface area (Å²) in [5.41, 5.74) is 1.69. The third-order valence-corrected chi connectivity index (χ3v) is 6.50. The molecule has 3 rings (SSSR count). The average molecular weight is 443 g/mol. The van der Waals surface area contributed by atoms with Crippen molar-refractivity contribution in [1.82, 2.24) is 5.01 Å². The molecule has 0 aromatic heterocycles. The van der Waals surface area contributed by atoms with E-state index in [0.29, 0.717) is 10.8 Å². The highest BCUT2D eigenvalue weighted by Crippen LogP contribution is 2.32. The van der Waals surface area contributed by atoms with Gasteiger partial charge in [0.2, 0.25) is 11.3 Å². The summed E-state index contributed by atoms with van der Waals surface area (Å²) in [7, 11) is 0. The molecule has 30 heavy (non-hydrogen) atoms. The minimum Gasteiger partial charge on any atom is -0.459 e. The van der Waals surface area contributed by atoms with Crippen LogP contribution in [0.3, 0.4) is 0 Å². The zero-order chi connectivity index (χ0) is 21.5. The number of benzene rings is 2. The Bertz CT molecular complexity index is 935. The van der Waals surface area contributed by atoms with Gasteiger partial charge in [-0.25, -0.2) is 9.80 Å². The fourth-order valence-corrected chi connectivity index (χ4v) is 4.35. The van der Waals surface area contributed by atoms with Gasteiger partial charge in [0, 0.05) is 24.2 Å². The molecule has 0 spiro atoms. The maximum atomic E-state index is 13.0. The largest absolute Gasteiger partial charge is 0.459 e. The molecule has 6 nitrogen and oxygen atoms in total. The summed E-state index contributed by atoms with van der Waals surface area (Å²) in [6, 6.07) is 18.7. The number of ether oxygens (including phenoxy) is 1. The molecule has 0 radical (unpaired) electrons. The standard InChI is InChI=1S/C22H22N2O4S2/c1-15(14-29-16(2)25)20(26)24-21(22(27)28-13-17-9-5-3-6-10-17)30-19(23-24)18-11-7-4-8-12-18/h3-12,15,21H,13-14H2,1-2H3. The lowest BCUT2D eigenvalue weighted by molar-refractivity contribution is -0.152. The van der Waals surface area contributed by atoms with Gasteiger partial charge in [0.15, 0.2) is 5.12 Å². The second-order valence-corrected chi connectivity index (χ2v) is 8.99. The van der Waals surface area contributed by atoms with E-state index in [1.165, 1.54) is 23.7 Å². The second kappa shape index (κ2) is 10.4. The van der Waals surface area contributed by atoms with Crippen LogP contribution in [0.2, 0.25) is 0 Å². The first-order valence-corrected chi connectivity index (χ1v) is 11.3. The van der Waals surface area contributed by atoms with Crippen LogP contribution in [0.5, 0.6) is 0 Å². The van der Waals surface area contributed by atoms with Crippen molar-refractivity contribution in [2.75, 3.05) is 5.75 Å². The Morgan fingerprint density at radius 1 is 1.10 bits per heavy atom. The summed E-state index contributed by atoms with van der Waals surface area (Å²) in [6.45, 7) is 3.31. The number of carbonyl (C=O) groups is 3. The molecule has 2 aromatic rings. The molecule has 2 unspecified atom stereocenters. The first kappa shape index (κ1) is 22.1. The van der Waals surface area contributed by atoms with E-state index in [9.17, 15) is 14.4 Å². The predicted molar refractivity (Wildman–Crippen MR) is 120 cm³/mol. The molecule has 0 aliphatic carbocycles. The van der Waals surface area contributed by atoms with Gasteiger partial charge in [0.25, 0.3) is 0 Å². The fourth-order valence-electron chi connectivity index (χ4n) is 2.69. The number of nitrogens with zero attached hydrogens (tertiary/aromatic N) is 2. The quantitative estimate of drug-likeness (QED) is 0.605. The van der Waals surface area contributed by atoms with E-state index in [1.54, 1.807) is 6.92 Å². The van der Waals surface area contributed by atoms with Gasteiger partial charge in [-0.1, -0.05) is 91.1 Å². The van der Waals surface area contributed by atoms with Crippen LogP contribution in [0.15, 0.2) is 65.8 Å².